The predicted molar refractivity (Wildman–Crippen MR) is 127 cm³/mol. The third kappa shape index (κ3) is 5.85. The maximum Gasteiger partial charge on any atom is 0.363 e. The van der Waals surface area contributed by atoms with Crippen molar-refractivity contribution in [2.75, 3.05) is 18.5 Å². The Bertz CT molecular complexity index is 1120. The quantitative estimate of drug-likeness (QED) is 0.310. The standard InChI is InChI=1S/C24H23BrN2O5/c1-5-30-21-12-16(10-19(25)22(21)31-13-14(2)3)11-20-24(29)32-23(27-20)17-6-8-18(9-7-17)26-15(4)28/h6-12H,2,5,13H2,1,3-4H3,(H,26,28)/b20-11-. The van der Waals surface area contributed by atoms with E-state index in [-0.39, 0.29) is 17.5 Å². The SMILES string of the molecule is C=C(C)COc1c(Br)cc(/C=C2\N=C(c3ccc(NC(C)=O)cc3)OC2=O)cc1OCC. The van der Waals surface area contributed by atoms with Crippen molar-refractivity contribution in [1.29, 1.82) is 0 Å². The van der Waals surface area contributed by atoms with E-state index in [0.29, 0.717) is 46.0 Å². The van der Waals surface area contributed by atoms with E-state index in [9.17, 15) is 9.59 Å². The van der Waals surface area contributed by atoms with E-state index in [2.05, 4.69) is 32.8 Å². The topological polar surface area (TPSA) is 86.2 Å². The van der Waals surface area contributed by atoms with Crippen molar-refractivity contribution in [3.63, 3.8) is 0 Å². The molecule has 166 valence electrons. The van der Waals surface area contributed by atoms with Crippen molar-refractivity contribution >= 4 is 45.5 Å². The number of carbonyl (C=O) groups excluding carboxylic acids is 2. The third-order valence-corrected chi connectivity index (χ3v) is 4.76. The van der Waals surface area contributed by atoms with Gasteiger partial charge < -0.3 is 19.5 Å². The van der Waals surface area contributed by atoms with Gasteiger partial charge >= 0.3 is 5.97 Å². The molecular formula is C24H23BrN2O5. The van der Waals surface area contributed by atoms with Gasteiger partial charge in [-0.05, 0) is 83.4 Å². The van der Waals surface area contributed by atoms with Gasteiger partial charge in [-0.25, -0.2) is 9.79 Å². The zero-order valence-corrected chi connectivity index (χ0v) is 19.6. The molecule has 2 aromatic rings. The molecule has 32 heavy (non-hydrogen) atoms. The average molecular weight is 499 g/mol. The maximum absolute atomic E-state index is 12.4. The summed E-state index contributed by atoms with van der Waals surface area (Å²) in [7, 11) is 0. The largest absolute Gasteiger partial charge is 0.490 e. The zero-order chi connectivity index (χ0) is 23.3. The highest BCUT2D eigenvalue weighted by atomic mass is 79.9. The van der Waals surface area contributed by atoms with Crippen LogP contribution in [0.4, 0.5) is 5.69 Å². The van der Waals surface area contributed by atoms with Crippen LogP contribution in [0.1, 0.15) is 31.9 Å². The molecule has 1 aliphatic heterocycles. The second-order valence-electron chi connectivity index (χ2n) is 7.10. The summed E-state index contributed by atoms with van der Waals surface area (Å²) >= 11 is 3.51. The van der Waals surface area contributed by atoms with E-state index >= 15 is 0 Å². The lowest BCUT2D eigenvalue weighted by Crippen LogP contribution is -2.07. The summed E-state index contributed by atoms with van der Waals surface area (Å²) in [6, 6.07) is 10.5. The van der Waals surface area contributed by atoms with Gasteiger partial charge in [0, 0.05) is 18.2 Å². The zero-order valence-electron chi connectivity index (χ0n) is 18.0. The second-order valence-corrected chi connectivity index (χ2v) is 7.96. The molecule has 1 heterocycles. The highest BCUT2D eigenvalue weighted by Gasteiger charge is 2.24. The van der Waals surface area contributed by atoms with Crippen molar-refractivity contribution in [3.8, 4) is 11.5 Å². The molecule has 3 rings (SSSR count). The van der Waals surface area contributed by atoms with E-state index in [0.717, 1.165) is 5.57 Å². The monoisotopic (exact) mass is 498 g/mol. The number of nitrogens with zero attached hydrogens (tertiary/aromatic N) is 1. The van der Waals surface area contributed by atoms with Gasteiger partial charge in [0.15, 0.2) is 17.2 Å². The number of halogens is 1. The van der Waals surface area contributed by atoms with Crippen LogP contribution in [0.5, 0.6) is 11.5 Å². The molecule has 1 aliphatic rings. The number of rotatable bonds is 8. The molecule has 0 atom stereocenters. The number of aliphatic imine (C=N–C) groups is 1. The van der Waals surface area contributed by atoms with E-state index < -0.39 is 5.97 Å². The summed E-state index contributed by atoms with van der Waals surface area (Å²) in [6.07, 6.45) is 1.62. The molecule has 0 bridgehead atoms. The van der Waals surface area contributed by atoms with Crippen LogP contribution in [0.2, 0.25) is 0 Å². The first-order valence-electron chi connectivity index (χ1n) is 9.91. The van der Waals surface area contributed by atoms with Gasteiger partial charge in [-0.15, -0.1) is 0 Å². The van der Waals surface area contributed by atoms with E-state index in [1.54, 1.807) is 36.4 Å². The lowest BCUT2D eigenvalue weighted by atomic mass is 10.1. The number of esters is 1. The Balaban J connectivity index is 1.88. The fourth-order valence-corrected chi connectivity index (χ4v) is 3.43. The Kier molecular flexibility index (Phi) is 7.48. The summed E-state index contributed by atoms with van der Waals surface area (Å²) in [5.41, 5.74) is 3.00. The molecule has 1 amide bonds. The van der Waals surface area contributed by atoms with Gasteiger partial charge in [0.2, 0.25) is 11.8 Å². The Morgan fingerprint density at radius 3 is 2.56 bits per heavy atom. The molecule has 0 spiro atoms. The number of amides is 1. The molecule has 0 radical (unpaired) electrons. The van der Waals surface area contributed by atoms with Crippen LogP contribution in [0, 0.1) is 0 Å². The number of ether oxygens (including phenoxy) is 3. The summed E-state index contributed by atoms with van der Waals surface area (Å²) in [4.78, 5) is 27.9. The number of carbonyl (C=O) groups is 2. The lowest BCUT2D eigenvalue weighted by Gasteiger charge is -2.14. The van der Waals surface area contributed by atoms with Crippen LogP contribution < -0.4 is 14.8 Å². The number of cyclic esters (lactones) is 1. The molecule has 2 aromatic carbocycles. The fourth-order valence-electron chi connectivity index (χ4n) is 2.86. The number of hydrogen-bond donors (Lipinski definition) is 1. The molecule has 0 saturated heterocycles. The minimum Gasteiger partial charge on any atom is -0.490 e. The Morgan fingerprint density at radius 2 is 1.94 bits per heavy atom. The summed E-state index contributed by atoms with van der Waals surface area (Å²) in [6.45, 7) is 9.85. The molecule has 7 nitrogen and oxygen atoms in total. The molecule has 0 aliphatic carbocycles. The molecule has 0 aromatic heterocycles. The summed E-state index contributed by atoms with van der Waals surface area (Å²) in [5, 5.41) is 2.68. The molecule has 0 unspecified atom stereocenters. The first-order valence-corrected chi connectivity index (χ1v) is 10.7. The Hall–Kier alpha value is -3.39. The molecule has 0 fully saturated rings. The molecular weight excluding hydrogens is 476 g/mol. The summed E-state index contributed by atoms with van der Waals surface area (Å²) in [5.74, 6) is 0.582. The smallest absolute Gasteiger partial charge is 0.363 e. The normalized spacial score (nSPS) is 14.1. The third-order valence-electron chi connectivity index (χ3n) is 4.17. The first kappa shape index (κ1) is 23.3. The number of nitrogens with one attached hydrogen (secondary N) is 1. The minimum atomic E-state index is -0.553. The number of anilines is 1. The van der Waals surface area contributed by atoms with Gasteiger partial charge in [-0.1, -0.05) is 6.58 Å². The average Bonchev–Trinajstić information content (AvgIpc) is 3.08. The lowest BCUT2D eigenvalue weighted by molar-refractivity contribution is -0.129. The van der Waals surface area contributed by atoms with Crippen LogP contribution in [0.15, 0.2) is 63.7 Å². The molecule has 0 saturated carbocycles. The van der Waals surface area contributed by atoms with Gasteiger partial charge in [0.05, 0.1) is 11.1 Å². The van der Waals surface area contributed by atoms with E-state index in [1.165, 1.54) is 6.92 Å². The van der Waals surface area contributed by atoms with E-state index in [4.69, 9.17) is 14.2 Å². The second kappa shape index (κ2) is 10.3. The van der Waals surface area contributed by atoms with Crippen LogP contribution in [-0.2, 0) is 14.3 Å². The molecule has 1 N–H and O–H groups in total. The van der Waals surface area contributed by atoms with Crippen molar-refractivity contribution in [1.82, 2.24) is 0 Å². The van der Waals surface area contributed by atoms with Crippen molar-refractivity contribution < 1.29 is 23.8 Å². The van der Waals surface area contributed by atoms with Crippen LogP contribution >= 0.6 is 15.9 Å². The van der Waals surface area contributed by atoms with Crippen molar-refractivity contribution in [2.24, 2.45) is 4.99 Å². The maximum atomic E-state index is 12.4. The van der Waals surface area contributed by atoms with Gasteiger partial charge in [-0.3, -0.25) is 4.79 Å². The van der Waals surface area contributed by atoms with Crippen molar-refractivity contribution in [3.05, 3.63) is 69.8 Å². The highest BCUT2D eigenvalue weighted by molar-refractivity contribution is 9.10. The van der Waals surface area contributed by atoms with Gasteiger partial charge in [0.25, 0.3) is 0 Å². The van der Waals surface area contributed by atoms with Crippen molar-refractivity contribution in [2.45, 2.75) is 20.8 Å². The van der Waals surface area contributed by atoms with Crippen LogP contribution in [-0.4, -0.2) is 31.0 Å². The van der Waals surface area contributed by atoms with Crippen LogP contribution in [0.25, 0.3) is 6.08 Å². The Morgan fingerprint density at radius 1 is 1.22 bits per heavy atom. The van der Waals surface area contributed by atoms with Crippen LogP contribution in [0.3, 0.4) is 0 Å². The number of hydrogen-bond acceptors (Lipinski definition) is 6. The minimum absolute atomic E-state index is 0.163. The Labute approximate surface area is 194 Å². The fraction of sp³-hybridized carbons (Fsp3) is 0.208. The van der Waals surface area contributed by atoms with Gasteiger partial charge in [-0.2, -0.15) is 0 Å². The summed E-state index contributed by atoms with van der Waals surface area (Å²) < 4.78 is 17.5. The number of benzene rings is 2. The van der Waals surface area contributed by atoms with E-state index in [1.807, 2.05) is 19.9 Å². The highest BCUT2D eigenvalue weighted by Crippen LogP contribution is 2.38. The predicted octanol–water partition coefficient (Wildman–Crippen LogP) is 5.11. The van der Waals surface area contributed by atoms with Gasteiger partial charge in [0.1, 0.15) is 6.61 Å². The molecule has 8 heteroatoms. The first-order chi connectivity index (χ1) is 15.3.